The van der Waals surface area contributed by atoms with E-state index in [0.717, 1.165) is 35.8 Å². The van der Waals surface area contributed by atoms with E-state index < -0.39 is 0 Å². The van der Waals surface area contributed by atoms with Gasteiger partial charge in [0.15, 0.2) is 0 Å². The van der Waals surface area contributed by atoms with Crippen LogP contribution in [0.1, 0.15) is 22.9 Å². The smallest absolute Gasteiger partial charge is 0.123 e. The van der Waals surface area contributed by atoms with Gasteiger partial charge in [0, 0.05) is 31.2 Å². The first-order chi connectivity index (χ1) is 13.6. The molecule has 28 heavy (non-hydrogen) atoms. The highest BCUT2D eigenvalue weighted by atomic mass is 35.5. The van der Waals surface area contributed by atoms with Crippen LogP contribution in [0.5, 0.6) is 0 Å². The maximum atomic E-state index is 13.5. The molecule has 0 aromatic heterocycles. The van der Waals surface area contributed by atoms with E-state index >= 15 is 0 Å². The molecule has 1 atom stereocenters. The lowest BCUT2D eigenvalue weighted by molar-refractivity contribution is 0.125. The van der Waals surface area contributed by atoms with Gasteiger partial charge in [-0.3, -0.25) is 9.80 Å². The zero-order valence-corrected chi connectivity index (χ0v) is 16.1. The van der Waals surface area contributed by atoms with Crippen LogP contribution in [0.4, 0.5) is 8.78 Å². The van der Waals surface area contributed by atoms with Crippen LogP contribution < -0.4 is 0 Å². The van der Waals surface area contributed by atoms with Crippen molar-refractivity contribution in [3.63, 3.8) is 0 Å². The predicted molar refractivity (Wildman–Crippen MR) is 108 cm³/mol. The monoisotopic (exact) mass is 398 g/mol. The predicted octanol–water partition coefficient (Wildman–Crippen LogP) is 5.63. The van der Waals surface area contributed by atoms with Crippen molar-refractivity contribution in [3.8, 4) is 0 Å². The highest BCUT2D eigenvalue weighted by Crippen LogP contribution is 2.33. The van der Waals surface area contributed by atoms with E-state index in [4.69, 9.17) is 11.6 Å². The lowest BCUT2D eigenvalue weighted by atomic mass is 10.1. The molecule has 4 rings (SSSR count). The molecule has 0 bridgehead atoms. The van der Waals surface area contributed by atoms with Gasteiger partial charge in [0.25, 0.3) is 0 Å². The summed E-state index contributed by atoms with van der Waals surface area (Å²) in [7, 11) is 0. The summed E-state index contributed by atoms with van der Waals surface area (Å²) in [6.07, 6.45) is 0.0290. The number of halogens is 3. The Labute approximate surface area is 169 Å². The minimum Gasteiger partial charge on any atom is -0.279 e. The Balaban J connectivity index is 1.59. The van der Waals surface area contributed by atoms with Gasteiger partial charge in [0.05, 0.1) is 6.17 Å². The summed E-state index contributed by atoms with van der Waals surface area (Å²) >= 11 is 6.01. The third-order valence-electron chi connectivity index (χ3n) is 5.13. The average Bonchev–Trinajstić information content (AvgIpc) is 3.08. The fourth-order valence-electron chi connectivity index (χ4n) is 3.77. The van der Waals surface area contributed by atoms with Crippen LogP contribution >= 0.6 is 11.6 Å². The fraction of sp³-hybridized carbons (Fsp3) is 0.217. The molecule has 0 amide bonds. The number of hydrogen-bond acceptors (Lipinski definition) is 2. The van der Waals surface area contributed by atoms with Gasteiger partial charge in [-0.25, -0.2) is 8.78 Å². The van der Waals surface area contributed by atoms with Crippen molar-refractivity contribution < 1.29 is 8.78 Å². The molecule has 3 aromatic rings. The molecular weight excluding hydrogens is 378 g/mol. The molecule has 1 heterocycles. The van der Waals surface area contributed by atoms with Gasteiger partial charge in [-0.1, -0.05) is 48.0 Å². The standard InChI is InChI=1S/C23H21ClF2N2/c24-20-7-1-17(2-8-20)15-27-13-14-28(16-18-3-9-21(25)10-4-18)23(27)19-5-11-22(26)12-6-19/h1-12,23H,13-16H2. The Bertz CT molecular complexity index is 855. The summed E-state index contributed by atoms with van der Waals surface area (Å²) in [5.41, 5.74) is 3.29. The zero-order chi connectivity index (χ0) is 19.5. The van der Waals surface area contributed by atoms with Gasteiger partial charge >= 0.3 is 0 Å². The van der Waals surface area contributed by atoms with E-state index in [2.05, 4.69) is 9.80 Å². The van der Waals surface area contributed by atoms with Crippen molar-refractivity contribution in [1.29, 1.82) is 0 Å². The molecule has 0 saturated carbocycles. The van der Waals surface area contributed by atoms with Gasteiger partial charge in [-0.05, 0) is 53.1 Å². The summed E-state index contributed by atoms with van der Waals surface area (Å²) < 4.78 is 26.7. The maximum Gasteiger partial charge on any atom is 0.123 e. The van der Waals surface area contributed by atoms with Crippen LogP contribution in [0, 0.1) is 11.6 Å². The van der Waals surface area contributed by atoms with Crippen LogP contribution in [0.15, 0.2) is 72.8 Å². The van der Waals surface area contributed by atoms with Crippen LogP contribution in [0.3, 0.4) is 0 Å². The van der Waals surface area contributed by atoms with Gasteiger partial charge in [0.1, 0.15) is 11.6 Å². The SMILES string of the molecule is Fc1ccc(CN2CCN(Cc3ccc(Cl)cc3)C2c2ccc(F)cc2)cc1. The molecule has 1 saturated heterocycles. The lowest BCUT2D eigenvalue weighted by Gasteiger charge is -2.31. The minimum atomic E-state index is -0.240. The first-order valence-corrected chi connectivity index (χ1v) is 9.69. The largest absolute Gasteiger partial charge is 0.279 e. The van der Waals surface area contributed by atoms with Gasteiger partial charge in [-0.2, -0.15) is 0 Å². The van der Waals surface area contributed by atoms with Crippen LogP contribution in [0.2, 0.25) is 5.02 Å². The van der Waals surface area contributed by atoms with Crippen LogP contribution in [-0.2, 0) is 13.1 Å². The highest BCUT2D eigenvalue weighted by molar-refractivity contribution is 6.30. The number of nitrogens with zero attached hydrogens (tertiary/aromatic N) is 2. The molecule has 1 fully saturated rings. The molecule has 1 aliphatic heterocycles. The van der Waals surface area contributed by atoms with Crippen LogP contribution in [-0.4, -0.2) is 22.9 Å². The molecular formula is C23H21ClF2N2. The van der Waals surface area contributed by atoms with E-state index in [9.17, 15) is 8.78 Å². The van der Waals surface area contributed by atoms with Crippen molar-refractivity contribution >= 4 is 11.6 Å². The topological polar surface area (TPSA) is 6.48 Å². The van der Waals surface area contributed by atoms with Crippen molar-refractivity contribution in [2.24, 2.45) is 0 Å². The van der Waals surface area contributed by atoms with E-state index in [0.29, 0.717) is 6.54 Å². The number of hydrogen-bond donors (Lipinski definition) is 0. The third kappa shape index (κ3) is 4.41. The molecule has 1 aliphatic rings. The van der Waals surface area contributed by atoms with Crippen molar-refractivity contribution in [3.05, 3.63) is 106 Å². The first-order valence-electron chi connectivity index (χ1n) is 9.31. The molecule has 0 spiro atoms. The highest BCUT2D eigenvalue weighted by Gasteiger charge is 2.33. The van der Waals surface area contributed by atoms with Gasteiger partial charge < -0.3 is 0 Å². The Morgan fingerprint density at radius 1 is 0.679 bits per heavy atom. The Morgan fingerprint density at radius 2 is 1.11 bits per heavy atom. The minimum absolute atomic E-state index is 0.0290. The Morgan fingerprint density at radius 3 is 1.61 bits per heavy atom. The number of rotatable bonds is 5. The fourth-order valence-corrected chi connectivity index (χ4v) is 3.89. The van der Waals surface area contributed by atoms with Gasteiger partial charge in [-0.15, -0.1) is 0 Å². The molecule has 1 unspecified atom stereocenters. The summed E-state index contributed by atoms with van der Waals surface area (Å²) in [6, 6.07) is 21.2. The summed E-state index contributed by atoms with van der Waals surface area (Å²) in [5.74, 6) is -0.472. The molecule has 0 aliphatic carbocycles. The van der Waals surface area contributed by atoms with E-state index in [1.54, 1.807) is 0 Å². The zero-order valence-electron chi connectivity index (χ0n) is 15.4. The normalized spacial score (nSPS) is 17.9. The molecule has 5 heteroatoms. The average molecular weight is 399 g/mol. The second-order valence-corrected chi connectivity index (χ2v) is 7.56. The first kappa shape index (κ1) is 19.1. The van der Waals surface area contributed by atoms with Crippen LogP contribution in [0.25, 0.3) is 0 Å². The van der Waals surface area contributed by atoms with Crippen molar-refractivity contribution in [2.45, 2.75) is 19.3 Å². The summed E-state index contributed by atoms with van der Waals surface area (Å²) in [5, 5.41) is 0.721. The number of benzene rings is 3. The van der Waals surface area contributed by atoms with E-state index in [1.165, 1.54) is 29.8 Å². The maximum absolute atomic E-state index is 13.5. The van der Waals surface area contributed by atoms with Crippen molar-refractivity contribution in [2.75, 3.05) is 13.1 Å². The quantitative estimate of drug-likeness (QED) is 0.549. The molecule has 0 N–H and O–H groups in total. The van der Waals surface area contributed by atoms with Crippen molar-refractivity contribution in [1.82, 2.24) is 9.80 Å². The molecule has 3 aromatic carbocycles. The Kier molecular flexibility index (Phi) is 5.72. The summed E-state index contributed by atoms with van der Waals surface area (Å²) in [4.78, 5) is 4.72. The third-order valence-corrected chi connectivity index (χ3v) is 5.38. The van der Waals surface area contributed by atoms with E-state index in [-0.39, 0.29) is 17.8 Å². The summed E-state index contributed by atoms with van der Waals surface area (Å²) in [6.45, 7) is 3.26. The Hall–Kier alpha value is -2.27. The van der Waals surface area contributed by atoms with Gasteiger partial charge in [0.2, 0.25) is 0 Å². The second-order valence-electron chi connectivity index (χ2n) is 7.12. The molecule has 0 radical (unpaired) electrons. The van der Waals surface area contributed by atoms with E-state index in [1.807, 2.05) is 48.5 Å². The molecule has 144 valence electrons. The second kappa shape index (κ2) is 8.39. The lowest BCUT2D eigenvalue weighted by Crippen LogP contribution is -2.30. The molecule has 2 nitrogen and oxygen atoms in total.